The van der Waals surface area contributed by atoms with Crippen LogP contribution in [0.3, 0.4) is 0 Å². The van der Waals surface area contributed by atoms with Crippen LogP contribution in [0.4, 0.5) is 0 Å². The van der Waals surface area contributed by atoms with Crippen LogP contribution in [0.2, 0.25) is 0 Å². The molecule has 1 aromatic carbocycles. The van der Waals surface area contributed by atoms with Crippen LogP contribution in [0.5, 0.6) is 0 Å². The van der Waals surface area contributed by atoms with E-state index in [0.29, 0.717) is 19.8 Å². The first-order valence-corrected chi connectivity index (χ1v) is 13.5. The van der Waals surface area contributed by atoms with Gasteiger partial charge in [-0.2, -0.15) is 0 Å². The molecule has 4 unspecified atom stereocenters. The molecular weight excluding hydrogens is 440 g/mol. The quantitative estimate of drug-likeness (QED) is 0.173. The van der Waals surface area contributed by atoms with Crippen molar-refractivity contribution in [1.82, 2.24) is 0 Å². The van der Waals surface area contributed by atoms with Gasteiger partial charge < -0.3 is 29.5 Å². The van der Waals surface area contributed by atoms with Gasteiger partial charge in [0.05, 0.1) is 36.9 Å². The molecule has 190 valence electrons. The number of rotatable bonds is 17. The molecule has 1 saturated carbocycles. The third kappa shape index (κ3) is 8.49. The van der Waals surface area contributed by atoms with Gasteiger partial charge in [0.2, 0.25) is 0 Å². The lowest BCUT2D eigenvalue weighted by atomic mass is 9.94. The Hall–Kier alpha value is -0.670. The molecule has 0 radical (unpaired) electrons. The summed E-state index contributed by atoms with van der Waals surface area (Å²) < 4.78 is 19.0. The number of hydrogen-bond donors (Lipinski definition) is 3. The van der Waals surface area contributed by atoms with Gasteiger partial charge in [-0.25, -0.2) is 0 Å². The minimum atomic E-state index is -1.01. The van der Waals surface area contributed by atoms with Crippen LogP contribution < -0.4 is 0 Å². The van der Waals surface area contributed by atoms with E-state index in [0.717, 1.165) is 43.4 Å². The Balaban J connectivity index is 2.37. The predicted octanol–water partition coefficient (Wildman–Crippen LogP) is 4.25. The number of hydrogen-bond acceptors (Lipinski definition) is 7. The van der Waals surface area contributed by atoms with E-state index in [1.54, 1.807) is 0 Å². The number of aliphatic hydroxyl groups excluding tert-OH is 3. The number of aliphatic hydroxyl groups is 3. The zero-order valence-electron chi connectivity index (χ0n) is 20.5. The van der Waals surface area contributed by atoms with Gasteiger partial charge in [-0.15, -0.1) is 0 Å². The Labute approximate surface area is 204 Å². The Morgan fingerprint density at radius 2 is 1.24 bits per heavy atom. The van der Waals surface area contributed by atoms with E-state index >= 15 is 0 Å². The molecule has 0 saturated heterocycles. The van der Waals surface area contributed by atoms with Crippen molar-refractivity contribution < 1.29 is 29.5 Å². The molecule has 7 atom stereocenters. The maximum absolute atomic E-state index is 11.4. The Bertz CT molecular complexity index is 618. The second kappa shape index (κ2) is 16.1. The summed E-state index contributed by atoms with van der Waals surface area (Å²) in [5, 5.41) is 32.1. The molecular formula is C26H44O6S. The Morgan fingerprint density at radius 1 is 0.758 bits per heavy atom. The topological polar surface area (TPSA) is 88.4 Å². The monoisotopic (exact) mass is 484 g/mol. The summed E-state index contributed by atoms with van der Waals surface area (Å²) >= 11 is 1.37. The molecule has 0 bridgehead atoms. The maximum Gasteiger partial charge on any atom is 0.112 e. The van der Waals surface area contributed by atoms with Gasteiger partial charge in [0, 0.05) is 30.6 Å². The smallest absolute Gasteiger partial charge is 0.112 e. The second-order valence-electron chi connectivity index (χ2n) is 8.79. The highest BCUT2D eigenvalue weighted by Gasteiger charge is 2.57. The molecule has 7 heteroatoms. The van der Waals surface area contributed by atoms with Crippen LogP contribution >= 0.6 is 11.8 Å². The fraction of sp³-hybridized carbons (Fsp3) is 0.769. The lowest BCUT2D eigenvalue weighted by Crippen LogP contribution is -2.42. The van der Waals surface area contributed by atoms with E-state index in [-0.39, 0.29) is 6.61 Å². The number of benzene rings is 1. The summed E-state index contributed by atoms with van der Waals surface area (Å²) in [5.74, 6) is -0.881. The third-order valence-corrected chi connectivity index (χ3v) is 7.33. The summed E-state index contributed by atoms with van der Waals surface area (Å²) in [7, 11) is 0. The van der Waals surface area contributed by atoms with Crippen LogP contribution in [-0.2, 0) is 14.2 Å². The normalized spacial score (nSPS) is 27.0. The van der Waals surface area contributed by atoms with Crippen LogP contribution in [0.1, 0.15) is 59.3 Å². The van der Waals surface area contributed by atoms with Crippen LogP contribution in [0.15, 0.2) is 35.2 Å². The first-order valence-electron chi connectivity index (χ1n) is 12.6. The predicted molar refractivity (Wildman–Crippen MR) is 132 cm³/mol. The van der Waals surface area contributed by atoms with Crippen molar-refractivity contribution in [2.75, 3.05) is 26.4 Å². The van der Waals surface area contributed by atoms with Gasteiger partial charge >= 0.3 is 0 Å². The van der Waals surface area contributed by atoms with Crippen molar-refractivity contribution in [3.8, 4) is 0 Å². The van der Waals surface area contributed by atoms with Crippen molar-refractivity contribution in [3.63, 3.8) is 0 Å². The van der Waals surface area contributed by atoms with Crippen molar-refractivity contribution in [1.29, 1.82) is 0 Å². The number of ether oxygens (including phenoxy) is 3. The molecule has 33 heavy (non-hydrogen) atoms. The van der Waals surface area contributed by atoms with Crippen molar-refractivity contribution >= 4 is 11.8 Å². The van der Waals surface area contributed by atoms with Crippen molar-refractivity contribution in [2.24, 2.45) is 11.8 Å². The average Bonchev–Trinajstić information content (AvgIpc) is 3.13. The molecule has 0 heterocycles. The van der Waals surface area contributed by atoms with E-state index in [4.69, 9.17) is 14.2 Å². The van der Waals surface area contributed by atoms with Gasteiger partial charge in [-0.3, -0.25) is 0 Å². The Morgan fingerprint density at radius 3 is 1.73 bits per heavy atom. The summed E-state index contributed by atoms with van der Waals surface area (Å²) in [6.45, 7) is 7.55. The zero-order valence-corrected chi connectivity index (χ0v) is 21.3. The zero-order chi connectivity index (χ0) is 24.1. The Kier molecular flexibility index (Phi) is 13.9. The average molecular weight is 485 g/mol. The largest absolute Gasteiger partial charge is 0.394 e. The van der Waals surface area contributed by atoms with Gasteiger partial charge in [-0.05, 0) is 31.4 Å². The van der Waals surface area contributed by atoms with Crippen molar-refractivity contribution in [2.45, 2.75) is 94.0 Å². The first kappa shape index (κ1) is 28.6. The fourth-order valence-corrected chi connectivity index (χ4v) is 5.46. The van der Waals surface area contributed by atoms with Gasteiger partial charge in [0.1, 0.15) is 5.44 Å². The fourth-order valence-electron chi connectivity index (χ4n) is 4.40. The lowest BCUT2D eigenvalue weighted by molar-refractivity contribution is -0.112. The van der Waals surface area contributed by atoms with Crippen LogP contribution in [0.25, 0.3) is 0 Å². The van der Waals surface area contributed by atoms with Crippen LogP contribution in [0, 0.1) is 11.8 Å². The van der Waals surface area contributed by atoms with E-state index in [2.05, 4.69) is 20.8 Å². The molecule has 0 aliphatic heterocycles. The highest BCUT2D eigenvalue weighted by atomic mass is 32.2. The summed E-state index contributed by atoms with van der Waals surface area (Å²) in [6, 6.07) is 9.78. The minimum Gasteiger partial charge on any atom is -0.394 e. The molecule has 1 aliphatic carbocycles. The molecule has 0 amide bonds. The van der Waals surface area contributed by atoms with Gasteiger partial charge in [0.25, 0.3) is 0 Å². The van der Waals surface area contributed by atoms with Gasteiger partial charge in [-0.1, -0.05) is 70.0 Å². The molecule has 6 nitrogen and oxygen atoms in total. The maximum atomic E-state index is 11.4. The first-order chi connectivity index (χ1) is 16.1. The molecule has 2 rings (SSSR count). The summed E-state index contributed by atoms with van der Waals surface area (Å²) in [4.78, 5) is 0.958. The standard InChI is InChI=1S/C26H44O6S/c1-4-7-15-30-23-21(20(28)18-27)24(31-16-8-5-2)25(32-17-9-6-3)22(23)26(29)33-19-13-11-10-12-14-19/h10-14,20-29H,4-9,15-18H2,1-3H3/t20-,21?,22?,23?,24-,25?,26-/m1/s1. The SMILES string of the molecule is CCCCOC1C([C@H](O)CO)[C@@H](OCCCC)C(OCCCC)C1[C@H](O)Sc1ccccc1. The molecule has 1 aromatic rings. The molecule has 3 N–H and O–H groups in total. The molecule has 1 fully saturated rings. The van der Waals surface area contributed by atoms with E-state index in [1.807, 2.05) is 30.3 Å². The molecule has 0 spiro atoms. The highest BCUT2D eigenvalue weighted by Crippen LogP contribution is 2.45. The highest BCUT2D eigenvalue weighted by molar-refractivity contribution is 7.99. The third-order valence-electron chi connectivity index (χ3n) is 6.23. The van der Waals surface area contributed by atoms with E-state index in [9.17, 15) is 15.3 Å². The molecule has 0 aromatic heterocycles. The van der Waals surface area contributed by atoms with Gasteiger partial charge in [0.15, 0.2) is 0 Å². The number of unbranched alkanes of at least 4 members (excludes halogenated alkanes) is 3. The summed E-state index contributed by atoms with van der Waals surface area (Å²) in [6.07, 6.45) is 3.27. The summed E-state index contributed by atoms with van der Waals surface area (Å²) in [5.41, 5.74) is -0.807. The van der Waals surface area contributed by atoms with E-state index in [1.165, 1.54) is 11.8 Å². The van der Waals surface area contributed by atoms with Crippen molar-refractivity contribution in [3.05, 3.63) is 30.3 Å². The number of thioether (sulfide) groups is 1. The van der Waals surface area contributed by atoms with Crippen LogP contribution in [-0.4, -0.2) is 71.6 Å². The minimum absolute atomic E-state index is 0.387. The van der Waals surface area contributed by atoms with E-state index < -0.39 is 41.7 Å². The molecule has 1 aliphatic rings. The lowest BCUT2D eigenvalue weighted by Gasteiger charge is -2.31. The second-order valence-corrected chi connectivity index (χ2v) is 9.98.